The molecule has 0 fully saturated rings. The summed E-state index contributed by atoms with van der Waals surface area (Å²) in [6.45, 7) is 4.40. The second kappa shape index (κ2) is 6.36. The van der Waals surface area contributed by atoms with Crippen molar-refractivity contribution in [1.82, 2.24) is 9.97 Å². The topological polar surface area (TPSA) is 25.8 Å². The second-order valence-corrected chi connectivity index (χ2v) is 7.98. The van der Waals surface area contributed by atoms with Crippen LogP contribution in [0.3, 0.4) is 0 Å². The summed E-state index contributed by atoms with van der Waals surface area (Å²) in [5.41, 5.74) is 6.96. The zero-order valence-electron chi connectivity index (χ0n) is 17.0. The molecule has 2 aromatic heterocycles. The van der Waals surface area contributed by atoms with E-state index in [1.54, 1.807) is 0 Å². The van der Waals surface area contributed by atoms with Gasteiger partial charge in [0.1, 0.15) is 0 Å². The molecule has 2 nitrogen and oxygen atoms in total. The molecule has 0 N–H and O–H groups in total. The monoisotopic (exact) mass is 384 g/mol. The van der Waals surface area contributed by atoms with Crippen molar-refractivity contribution >= 4 is 32.3 Å². The standard InChI is InChI=1S/C28H20N2/c1-17-15-23(25-7-3-5-13-29-25)21-12-10-20-18(2)16-24(26-8-4-6-14-30-26)22-11-9-19(17)27(21)28(20)22/h3-16H,1-2H3. The Balaban J connectivity index is 1.82. The molecule has 4 aromatic carbocycles. The number of hydrogen-bond acceptors (Lipinski definition) is 2. The zero-order chi connectivity index (χ0) is 20.2. The number of hydrogen-bond donors (Lipinski definition) is 0. The lowest BCUT2D eigenvalue weighted by Gasteiger charge is -2.19. The maximum atomic E-state index is 4.65. The molecular formula is C28H20N2. The Morgan fingerprint density at radius 3 is 1.33 bits per heavy atom. The molecule has 0 bridgehead atoms. The van der Waals surface area contributed by atoms with Gasteiger partial charge in [-0.2, -0.15) is 0 Å². The average molecular weight is 384 g/mol. The molecule has 0 aliphatic carbocycles. The Hall–Kier alpha value is -3.78. The first-order chi connectivity index (χ1) is 14.7. The molecular weight excluding hydrogens is 364 g/mol. The third-order valence-corrected chi connectivity index (χ3v) is 6.19. The molecule has 2 heterocycles. The third-order valence-electron chi connectivity index (χ3n) is 6.19. The van der Waals surface area contributed by atoms with E-state index in [-0.39, 0.29) is 0 Å². The highest BCUT2D eigenvalue weighted by atomic mass is 14.7. The first kappa shape index (κ1) is 17.1. The van der Waals surface area contributed by atoms with Crippen molar-refractivity contribution in [3.05, 3.63) is 96.3 Å². The number of rotatable bonds is 2. The second-order valence-electron chi connectivity index (χ2n) is 7.98. The predicted molar refractivity (Wildman–Crippen MR) is 126 cm³/mol. The highest BCUT2D eigenvalue weighted by molar-refractivity contribution is 6.28. The van der Waals surface area contributed by atoms with Gasteiger partial charge in [-0.25, -0.2) is 0 Å². The predicted octanol–water partition coefficient (Wildman–Crippen LogP) is 7.32. The van der Waals surface area contributed by atoms with Crippen LogP contribution in [0, 0.1) is 13.8 Å². The van der Waals surface area contributed by atoms with E-state index in [1.807, 2.05) is 24.5 Å². The van der Waals surface area contributed by atoms with Gasteiger partial charge >= 0.3 is 0 Å². The lowest BCUT2D eigenvalue weighted by Crippen LogP contribution is -1.94. The van der Waals surface area contributed by atoms with Gasteiger partial charge in [0.25, 0.3) is 0 Å². The van der Waals surface area contributed by atoms with E-state index >= 15 is 0 Å². The summed E-state index contributed by atoms with van der Waals surface area (Å²) >= 11 is 0. The maximum Gasteiger partial charge on any atom is 0.0708 e. The van der Waals surface area contributed by atoms with Gasteiger partial charge < -0.3 is 0 Å². The summed E-state index contributed by atoms with van der Waals surface area (Å²) in [6, 6.07) is 25.8. The number of aryl methyl sites for hydroxylation is 2. The molecule has 0 aliphatic heterocycles. The van der Waals surface area contributed by atoms with Crippen molar-refractivity contribution in [3.63, 3.8) is 0 Å². The molecule has 0 unspecified atom stereocenters. The van der Waals surface area contributed by atoms with Gasteiger partial charge in [-0.3, -0.25) is 9.97 Å². The number of benzene rings is 4. The Labute approximate surface area is 175 Å². The van der Waals surface area contributed by atoms with Crippen LogP contribution in [0.4, 0.5) is 0 Å². The molecule has 0 radical (unpaired) electrons. The Morgan fingerprint density at radius 2 is 0.933 bits per heavy atom. The summed E-state index contributed by atoms with van der Waals surface area (Å²) < 4.78 is 0. The number of aromatic nitrogens is 2. The van der Waals surface area contributed by atoms with Gasteiger partial charge in [-0.05, 0) is 93.7 Å². The molecule has 0 spiro atoms. The van der Waals surface area contributed by atoms with Crippen molar-refractivity contribution in [3.8, 4) is 22.5 Å². The molecule has 30 heavy (non-hydrogen) atoms. The highest BCUT2D eigenvalue weighted by Gasteiger charge is 2.18. The first-order valence-electron chi connectivity index (χ1n) is 10.3. The van der Waals surface area contributed by atoms with Crippen molar-refractivity contribution in [2.24, 2.45) is 0 Å². The summed E-state index contributed by atoms with van der Waals surface area (Å²) in [5, 5.41) is 7.77. The molecule has 0 atom stereocenters. The minimum absolute atomic E-state index is 1.01. The van der Waals surface area contributed by atoms with Crippen molar-refractivity contribution in [2.75, 3.05) is 0 Å². The molecule has 142 valence electrons. The fourth-order valence-corrected chi connectivity index (χ4v) is 4.81. The Kier molecular flexibility index (Phi) is 3.63. The quantitative estimate of drug-likeness (QED) is 0.292. The van der Waals surface area contributed by atoms with E-state index in [9.17, 15) is 0 Å². The van der Waals surface area contributed by atoms with E-state index in [4.69, 9.17) is 0 Å². The third kappa shape index (κ3) is 2.37. The molecule has 0 saturated heterocycles. The van der Waals surface area contributed by atoms with Gasteiger partial charge in [-0.1, -0.05) is 36.4 Å². The van der Waals surface area contributed by atoms with Crippen LogP contribution in [0.25, 0.3) is 54.8 Å². The summed E-state index contributed by atoms with van der Waals surface area (Å²) in [6.07, 6.45) is 3.73. The highest BCUT2D eigenvalue weighted by Crippen LogP contribution is 2.43. The van der Waals surface area contributed by atoms with Crippen LogP contribution in [-0.4, -0.2) is 9.97 Å². The average Bonchev–Trinajstić information content (AvgIpc) is 2.80. The SMILES string of the molecule is Cc1cc(-c2ccccn2)c2ccc3c(C)cc(-c4ccccn4)c4ccc1c2c34. The van der Waals surface area contributed by atoms with Crippen molar-refractivity contribution in [1.29, 1.82) is 0 Å². The molecule has 2 heteroatoms. The van der Waals surface area contributed by atoms with E-state index in [0.717, 1.165) is 11.4 Å². The van der Waals surface area contributed by atoms with Crippen molar-refractivity contribution in [2.45, 2.75) is 13.8 Å². The van der Waals surface area contributed by atoms with Crippen LogP contribution in [0.5, 0.6) is 0 Å². The van der Waals surface area contributed by atoms with Crippen LogP contribution < -0.4 is 0 Å². The first-order valence-corrected chi connectivity index (χ1v) is 10.3. The normalized spacial score (nSPS) is 11.7. The van der Waals surface area contributed by atoms with Crippen molar-refractivity contribution < 1.29 is 0 Å². The van der Waals surface area contributed by atoms with Gasteiger partial charge in [0, 0.05) is 23.5 Å². The van der Waals surface area contributed by atoms with E-state index in [2.05, 4.69) is 84.5 Å². The minimum Gasteiger partial charge on any atom is -0.256 e. The van der Waals surface area contributed by atoms with Crippen LogP contribution in [0.15, 0.2) is 85.2 Å². The minimum atomic E-state index is 1.01. The van der Waals surface area contributed by atoms with Crippen LogP contribution in [0.2, 0.25) is 0 Å². The molecule has 6 aromatic rings. The maximum absolute atomic E-state index is 4.65. The van der Waals surface area contributed by atoms with Gasteiger partial charge in [-0.15, -0.1) is 0 Å². The van der Waals surface area contributed by atoms with Crippen LogP contribution >= 0.6 is 0 Å². The van der Waals surface area contributed by atoms with Gasteiger partial charge in [0.15, 0.2) is 0 Å². The van der Waals surface area contributed by atoms with E-state index < -0.39 is 0 Å². The molecule has 0 amide bonds. The lowest BCUT2D eigenvalue weighted by atomic mass is 9.85. The van der Waals surface area contributed by atoms with Crippen LogP contribution in [-0.2, 0) is 0 Å². The molecule has 0 saturated carbocycles. The van der Waals surface area contributed by atoms with Gasteiger partial charge in [0.05, 0.1) is 11.4 Å². The summed E-state index contributed by atoms with van der Waals surface area (Å²) in [7, 11) is 0. The largest absolute Gasteiger partial charge is 0.256 e. The fourth-order valence-electron chi connectivity index (χ4n) is 4.81. The lowest BCUT2D eigenvalue weighted by molar-refractivity contribution is 1.33. The molecule has 0 aliphatic rings. The van der Waals surface area contributed by atoms with E-state index in [0.29, 0.717) is 0 Å². The fraction of sp³-hybridized carbons (Fsp3) is 0.0714. The smallest absolute Gasteiger partial charge is 0.0708 e. The summed E-state index contributed by atoms with van der Waals surface area (Å²) in [5.74, 6) is 0. The Morgan fingerprint density at radius 1 is 0.500 bits per heavy atom. The summed E-state index contributed by atoms with van der Waals surface area (Å²) in [4.78, 5) is 9.29. The molecule has 6 rings (SSSR count). The number of nitrogens with zero attached hydrogens (tertiary/aromatic N) is 2. The van der Waals surface area contributed by atoms with Crippen LogP contribution in [0.1, 0.15) is 11.1 Å². The van der Waals surface area contributed by atoms with Gasteiger partial charge in [0.2, 0.25) is 0 Å². The number of pyridine rings is 2. The van der Waals surface area contributed by atoms with E-state index in [1.165, 1.54) is 54.6 Å². The zero-order valence-corrected chi connectivity index (χ0v) is 17.0. The Bertz CT molecular complexity index is 1410.